The summed E-state index contributed by atoms with van der Waals surface area (Å²) in [5, 5.41) is 5.39. The molecule has 0 aliphatic carbocycles. The van der Waals surface area contributed by atoms with Gasteiger partial charge in [0.2, 0.25) is 0 Å². The zero-order valence-electron chi connectivity index (χ0n) is 11.8. The molecular formula is C15H16N2O2S2. The number of carbonyl (C=O) groups is 2. The first-order valence-electron chi connectivity index (χ1n) is 6.42. The van der Waals surface area contributed by atoms with Gasteiger partial charge in [0.1, 0.15) is 5.00 Å². The second kappa shape index (κ2) is 6.78. The van der Waals surface area contributed by atoms with Crippen LogP contribution < -0.4 is 11.1 Å². The van der Waals surface area contributed by atoms with Crippen molar-refractivity contribution in [2.45, 2.75) is 24.0 Å². The predicted octanol–water partition coefficient (Wildman–Crippen LogP) is 3.60. The van der Waals surface area contributed by atoms with E-state index in [1.807, 2.05) is 18.2 Å². The number of amides is 2. The van der Waals surface area contributed by atoms with E-state index in [1.54, 1.807) is 29.3 Å². The minimum Gasteiger partial charge on any atom is -0.366 e. The number of benzene rings is 1. The average molecular weight is 320 g/mol. The molecule has 2 rings (SSSR count). The van der Waals surface area contributed by atoms with Crippen LogP contribution in [-0.4, -0.2) is 17.1 Å². The minimum atomic E-state index is -0.546. The first-order valence-corrected chi connectivity index (χ1v) is 8.18. The van der Waals surface area contributed by atoms with Crippen LogP contribution in [0.15, 0.2) is 40.6 Å². The molecule has 0 atom stereocenters. The van der Waals surface area contributed by atoms with Crippen LogP contribution in [0.25, 0.3) is 0 Å². The number of thiophene rings is 1. The summed E-state index contributed by atoms with van der Waals surface area (Å²) in [4.78, 5) is 24.6. The molecule has 1 aromatic carbocycles. The molecule has 6 heteroatoms. The highest BCUT2D eigenvalue weighted by Gasteiger charge is 2.14. The molecule has 3 N–H and O–H groups in total. The van der Waals surface area contributed by atoms with Crippen LogP contribution in [0.1, 0.15) is 34.6 Å². The Hall–Kier alpha value is -1.79. The molecule has 0 fully saturated rings. The van der Waals surface area contributed by atoms with E-state index in [2.05, 4.69) is 19.2 Å². The van der Waals surface area contributed by atoms with Crippen LogP contribution in [0, 0.1) is 0 Å². The highest BCUT2D eigenvalue weighted by Crippen LogP contribution is 2.26. The maximum Gasteiger partial charge on any atom is 0.256 e. The van der Waals surface area contributed by atoms with Crippen LogP contribution >= 0.6 is 23.1 Å². The SMILES string of the molecule is CC(C)Sc1cccc(C(=O)Nc2sccc2C(N)=O)c1. The molecular weight excluding hydrogens is 304 g/mol. The van der Waals surface area contributed by atoms with E-state index >= 15 is 0 Å². The molecule has 0 radical (unpaired) electrons. The van der Waals surface area contributed by atoms with Gasteiger partial charge in [-0.3, -0.25) is 9.59 Å². The van der Waals surface area contributed by atoms with Gasteiger partial charge in [0.15, 0.2) is 0 Å². The number of carbonyl (C=O) groups excluding carboxylic acids is 2. The van der Waals surface area contributed by atoms with E-state index in [9.17, 15) is 9.59 Å². The molecule has 0 saturated heterocycles. The van der Waals surface area contributed by atoms with Crippen LogP contribution in [0.2, 0.25) is 0 Å². The summed E-state index contributed by atoms with van der Waals surface area (Å²) >= 11 is 2.97. The van der Waals surface area contributed by atoms with E-state index in [0.717, 1.165) is 4.90 Å². The van der Waals surface area contributed by atoms with Crippen molar-refractivity contribution in [2.75, 3.05) is 5.32 Å². The van der Waals surface area contributed by atoms with Crippen molar-refractivity contribution in [3.05, 3.63) is 46.8 Å². The van der Waals surface area contributed by atoms with Gasteiger partial charge in [0.25, 0.3) is 11.8 Å². The fourth-order valence-electron chi connectivity index (χ4n) is 1.76. The normalized spacial score (nSPS) is 10.6. The first-order chi connectivity index (χ1) is 9.97. The van der Waals surface area contributed by atoms with Gasteiger partial charge in [-0.1, -0.05) is 19.9 Å². The summed E-state index contributed by atoms with van der Waals surface area (Å²) in [5.74, 6) is -0.790. The number of primary amides is 1. The molecule has 110 valence electrons. The molecule has 1 heterocycles. The molecule has 1 aromatic heterocycles. The molecule has 4 nitrogen and oxygen atoms in total. The van der Waals surface area contributed by atoms with Crippen molar-refractivity contribution in [1.29, 1.82) is 0 Å². The lowest BCUT2D eigenvalue weighted by atomic mass is 10.2. The molecule has 21 heavy (non-hydrogen) atoms. The van der Waals surface area contributed by atoms with Gasteiger partial charge >= 0.3 is 0 Å². The van der Waals surface area contributed by atoms with Crippen molar-refractivity contribution >= 4 is 39.9 Å². The second-order valence-electron chi connectivity index (χ2n) is 4.68. The third kappa shape index (κ3) is 4.09. The lowest BCUT2D eigenvalue weighted by Crippen LogP contribution is -2.16. The van der Waals surface area contributed by atoms with E-state index in [0.29, 0.717) is 21.4 Å². The van der Waals surface area contributed by atoms with Gasteiger partial charge in [0, 0.05) is 15.7 Å². The zero-order chi connectivity index (χ0) is 15.4. The molecule has 0 bridgehead atoms. The first kappa shape index (κ1) is 15.6. The average Bonchev–Trinajstić information content (AvgIpc) is 2.86. The predicted molar refractivity (Wildman–Crippen MR) is 88.2 cm³/mol. The van der Waals surface area contributed by atoms with Crippen molar-refractivity contribution in [2.24, 2.45) is 5.73 Å². The number of hydrogen-bond acceptors (Lipinski definition) is 4. The number of nitrogens with one attached hydrogen (secondary N) is 1. The maximum atomic E-state index is 12.3. The van der Waals surface area contributed by atoms with Gasteiger partial charge in [-0.25, -0.2) is 0 Å². The summed E-state index contributed by atoms with van der Waals surface area (Å²) in [7, 11) is 0. The summed E-state index contributed by atoms with van der Waals surface area (Å²) in [6.07, 6.45) is 0. The summed E-state index contributed by atoms with van der Waals surface area (Å²) < 4.78 is 0. The van der Waals surface area contributed by atoms with Crippen molar-refractivity contribution in [3.8, 4) is 0 Å². The third-order valence-electron chi connectivity index (χ3n) is 2.63. The Balaban J connectivity index is 2.17. The van der Waals surface area contributed by atoms with E-state index in [-0.39, 0.29) is 5.91 Å². The maximum absolute atomic E-state index is 12.3. The highest BCUT2D eigenvalue weighted by molar-refractivity contribution is 7.99. The van der Waals surface area contributed by atoms with Crippen LogP contribution in [0.5, 0.6) is 0 Å². The quantitative estimate of drug-likeness (QED) is 0.827. The Morgan fingerprint density at radius 3 is 2.71 bits per heavy atom. The van der Waals surface area contributed by atoms with Gasteiger partial charge in [0.05, 0.1) is 5.56 Å². The molecule has 0 unspecified atom stereocenters. The highest BCUT2D eigenvalue weighted by atomic mass is 32.2. The van der Waals surface area contributed by atoms with Gasteiger partial charge in [-0.15, -0.1) is 23.1 Å². The van der Waals surface area contributed by atoms with E-state index < -0.39 is 5.91 Å². The Labute approximate surface area is 131 Å². The van der Waals surface area contributed by atoms with Gasteiger partial charge in [-0.2, -0.15) is 0 Å². The van der Waals surface area contributed by atoms with Crippen LogP contribution in [-0.2, 0) is 0 Å². The van der Waals surface area contributed by atoms with Crippen molar-refractivity contribution < 1.29 is 9.59 Å². The van der Waals surface area contributed by atoms with Crippen LogP contribution in [0.4, 0.5) is 5.00 Å². The van der Waals surface area contributed by atoms with Crippen LogP contribution in [0.3, 0.4) is 0 Å². The lowest BCUT2D eigenvalue weighted by Gasteiger charge is -2.08. The number of anilines is 1. The van der Waals surface area contributed by atoms with Crippen molar-refractivity contribution in [3.63, 3.8) is 0 Å². The zero-order valence-corrected chi connectivity index (χ0v) is 13.4. The van der Waals surface area contributed by atoms with E-state index in [1.165, 1.54) is 11.3 Å². The van der Waals surface area contributed by atoms with E-state index in [4.69, 9.17) is 5.73 Å². The molecule has 0 aliphatic heterocycles. The number of hydrogen-bond donors (Lipinski definition) is 2. The largest absolute Gasteiger partial charge is 0.366 e. The molecule has 0 aliphatic rings. The Morgan fingerprint density at radius 1 is 1.29 bits per heavy atom. The van der Waals surface area contributed by atoms with Crippen molar-refractivity contribution in [1.82, 2.24) is 0 Å². The molecule has 0 saturated carbocycles. The fraction of sp³-hybridized carbons (Fsp3) is 0.200. The Morgan fingerprint density at radius 2 is 2.05 bits per heavy atom. The number of nitrogens with two attached hydrogens (primary N) is 1. The summed E-state index contributed by atoms with van der Waals surface area (Å²) in [6, 6.07) is 9.02. The molecule has 0 spiro atoms. The third-order valence-corrected chi connectivity index (χ3v) is 4.45. The number of rotatable bonds is 5. The lowest BCUT2D eigenvalue weighted by molar-refractivity contribution is 0.100. The Bertz CT molecular complexity index is 665. The molecule has 2 amide bonds. The summed E-state index contributed by atoms with van der Waals surface area (Å²) in [6.45, 7) is 4.20. The smallest absolute Gasteiger partial charge is 0.256 e. The summed E-state index contributed by atoms with van der Waals surface area (Å²) in [5.41, 5.74) is 6.16. The van der Waals surface area contributed by atoms with Gasteiger partial charge < -0.3 is 11.1 Å². The number of thioether (sulfide) groups is 1. The minimum absolute atomic E-state index is 0.244. The topological polar surface area (TPSA) is 72.2 Å². The van der Waals surface area contributed by atoms with Gasteiger partial charge in [-0.05, 0) is 29.6 Å². The standard InChI is InChI=1S/C15H16N2O2S2/c1-9(2)21-11-5-3-4-10(8-11)14(19)17-15-12(13(16)18)6-7-20-15/h3-9H,1-2H3,(H2,16,18)(H,17,19). The second-order valence-corrected chi connectivity index (χ2v) is 7.24. The monoisotopic (exact) mass is 320 g/mol. The Kier molecular flexibility index (Phi) is 5.03. The fourth-order valence-corrected chi connectivity index (χ4v) is 3.44. The molecule has 2 aromatic rings.